The molecule has 0 aliphatic heterocycles. The number of hydrogen-bond acceptors (Lipinski definition) is 0. The molecular formula is C14H20. The molecule has 0 aromatic rings. The van der Waals surface area contributed by atoms with Crippen LogP contribution in [-0.2, 0) is 0 Å². The van der Waals surface area contributed by atoms with Gasteiger partial charge in [0.25, 0.3) is 0 Å². The maximum Gasteiger partial charge on any atom is -0.0196 e. The first-order chi connectivity index (χ1) is 6.95. The second-order valence-electron chi connectivity index (χ2n) is 4.47. The van der Waals surface area contributed by atoms with Crippen molar-refractivity contribution in [2.75, 3.05) is 0 Å². The molecule has 0 amide bonds. The Morgan fingerprint density at radius 2 is 1.21 bits per heavy atom. The lowest BCUT2D eigenvalue weighted by Gasteiger charge is -2.16. The molecule has 0 saturated heterocycles. The second-order valence-corrected chi connectivity index (χ2v) is 4.47. The van der Waals surface area contributed by atoms with E-state index in [2.05, 4.69) is 36.5 Å². The van der Waals surface area contributed by atoms with E-state index >= 15 is 0 Å². The lowest BCUT2D eigenvalue weighted by atomic mass is 9.89. The molecule has 0 aromatic heterocycles. The van der Waals surface area contributed by atoms with Gasteiger partial charge in [0.2, 0.25) is 0 Å². The van der Waals surface area contributed by atoms with Crippen LogP contribution >= 0.6 is 0 Å². The third-order valence-electron chi connectivity index (χ3n) is 3.27. The summed E-state index contributed by atoms with van der Waals surface area (Å²) in [6.45, 7) is 0. The zero-order valence-electron chi connectivity index (χ0n) is 8.86. The van der Waals surface area contributed by atoms with Gasteiger partial charge in [0.05, 0.1) is 0 Å². The second kappa shape index (κ2) is 5.19. The fourth-order valence-corrected chi connectivity index (χ4v) is 2.30. The molecule has 2 aliphatic carbocycles. The third-order valence-corrected chi connectivity index (χ3v) is 3.27. The zero-order chi connectivity index (χ0) is 9.64. The Labute approximate surface area is 87.4 Å². The molecule has 0 aromatic carbocycles. The molecule has 0 radical (unpaired) electrons. The minimum Gasteiger partial charge on any atom is -0.0885 e. The number of hydrogen-bond donors (Lipinski definition) is 0. The topological polar surface area (TPSA) is 0 Å². The predicted octanol–water partition coefficient (Wildman–Crippen LogP) is 4.26. The van der Waals surface area contributed by atoms with E-state index in [1.807, 2.05) is 0 Å². The van der Waals surface area contributed by atoms with E-state index in [1.165, 1.54) is 38.5 Å². The van der Waals surface area contributed by atoms with Crippen LogP contribution in [0.1, 0.15) is 38.5 Å². The predicted molar refractivity (Wildman–Crippen MR) is 62.1 cm³/mol. The lowest BCUT2D eigenvalue weighted by Crippen LogP contribution is -2.02. The molecule has 0 spiro atoms. The van der Waals surface area contributed by atoms with Crippen LogP contribution < -0.4 is 0 Å². The van der Waals surface area contributed by atoms with Crippen LogP contribution in [0.2, 0.25) is 0 Å². The van der Waals surface area contributed by atoms with Gasteiger partial charge >= 0.3 is 0 Å². The van der Waals surface area contributed by atoms with E-state index in [0.29, 0.717) is 0 Å². The largest absolute Gasteiger partial charge is 0.0885 e. The highest BCUT2D eigenvalue weighted by molar-refractivity contribution is 5.03. The Kier molecular flexibility index (Phi) is 3.62. The van der Waals surface area contributed by atoms with Gasteiger partial charge in [-0.2, -0.15) is 0 Å². The Balaban J connectivity index is 1.80. The van der Waals surface area contributed by atoms with Gasteiger partial charge in [0.15, 0.2) is 0 Å². The van der Waals surface area contributed by atoms with Gasteiger partial charge in [-0.05, 0) is 50.4 Å². The summed E-state index contributed by atoms with van der Waals surface area (Å²) in [5.74, 6) is 1.65. The lowest BCUT2D eigenvalue weighted by molar-refractivity contribution is 0.553. The van der Waals surface area contributed by atoms with E-state index in [9.17, 15) is 0 Å². The summed E-state index contributed by atoms with van der Waals surface area (Å²) in [5.41, 5.74) is 0. The van der Waals surface area contributed by atoms with Gasteiger partial charge in [-0.25, -0.2) is 0 Å². The highest BCUT2D eigenvalue weighted by Gasteiger charge is 2.08. The molecule has 0 N–H and O–H groups in total. The molecule has 0 nitrogen and oxygen atoms in total. The van der Waals surface area contributed by atoms with Crippen molar-refractivity contribution in [3.63, 3.8) is 0 Å². The molecule has 2 unspecified atom stereocenters. The quantitative estimate of drug-likeness (QED) is 0.568. The maximum absolute atomic E-state index is 2.47. The van der Waals surface area contributed by atoms with E-state index in [0.717, 1.165) is 11.8 Å². The molecule has 0 heterocycles. The first-order valence-corrected chi connectivity index (χ1v) is 5.93. The average Bonchev–Trinajstić information content (AvgIpc) is 2.29. The zero-order valence-corrected chi connectivity index (χ0v) is 8.86. The van der Waals surface area contributed by atoms with Crippen LogP contribution in [0.15, 0.2) is 36.5 Å². The van der Waals surface area contributed by atoms with Gasteiger partial charge in [-0.3, -0.25) is 0 Å². The van der Waals surface area contributed by atoms with Gasteiger partial charge in [-0.1, -0.05) is 36.5 Å². The minimum absolute atomic E-state index is 0.825. The normalized spacial score (nSPS) is 32.6. The van der Waals surface area contributed by atoms with Crippen LogP contribution in [-0.4, -0.2) is 0 Å². The van der Waals surface area contributed by atoms with Gasteiger partial charge in [-0.15, -0.1) is 0 Å². The summed E-state index contributed by atoms with van der Waals surface area (Å²) in [6, 6.07) is 0. The van der Waals surface area contributed by atoms with Crippen LogP contribution in [0.4, 0.5) is 0 Å². The van der Waals surface area contributed by atoms with E-state index in [4.69, 9.17) is 0 Å². The Morgan fingerprint density at radius 1 is 0.714 bits per heavy atom. The van der Waals surface area contributed by atoms with Crippen molar-refractivity contribution in [3.05, 3.63) is 36.5 Å². The molecule has 14 heavy (non-hydrogen) atoms. The van der Waals surface area contributed by atoms with Crippen molar-refractivity contribution in [3.8, 4) is 0 Å². The van der Waals surface area contributed by atoms with E-state index < -0.39 is 0 Å². The van der Waals surface area contributed by atoms with E-state index in [1.54, 1.807) is 0 Å². The smallest absolute Gasteiger partial charge is 0.0196 e. The maximum atomic E-state index is 2.47. The molecule has 2 atom stereocenters. The van der Waals surface area contributed by atoms with Crippen molar-refractivity contribution >= 4 is 0 Å². The summed E-state index contributed by atoms with van der Waals surface area (Å²) < 4.78 is 0. The van der Waals surface area contributed by atoms with Crippen molar-refractivity contribution < 1.29 is 0 Å². The van der Waals surface area contributed by atoms with Crippen LogP contribution in [0.5, 0.6) is 0 Å². The Bertz CT molecular complexity index is 219. The highest BCUT2D eigenvalue weighted by Crippen LogP contribution is 2.23. The van der Waals surface area contributed by atoms with Gasteiger partial charge in [0.1, 0.15) is 0 Å². The first-order valence-electron chi connectivity index (χ1n) is 5.93. The minimum atomic E-state index is 0.825. The van der Waals surface area contributed by atoms with Crippen molar-refractivity contribution in [1.82, 2.24) is 0 Å². The summed E-state index contributed by atoms with van der Waals surface area (Å²) in [6.07, 6.45) is 22.0. The van der Waals surface area contributed by atoms with Crippen molar-refractivity contribution in [2.45, 2.75) is 38.5 Å². The average molecular weight is 188 g/mol. The molecule has 0 fully saturated rings. The highest BCUT2D eigenvalue weighted by atomic mass is 14.1. The molecule has 2 rings (SSSR count). The molecule has 0 saturated carbocycles. The summed E-state index contributed by atoms with van der Waals surface area (Å²) in [7, 11) is 0. The molecular weight excluding hydrogens is 168 g/mol. The summed E-state index contributed by atoms with van der Waals surface area (Å²) >= 11 is 0. The summed E-state index contributed by atoms with van der Waals surface area (Å²) in [5, 5.41) is 0. The van der Waals surface area contributed by atoms with Crippen LogP contribution in [0.25, 0.3) is 0 Å². The van der Waals surface area contributed by atoms with Crippen molar-refractivity contribution in [2.24, 2.45) is 11.8 Å². The molecule has 0 bridgehead atoms. The standard InChI is InChI=1S/C14H20/c1-3-7-13(8-4-1)11-12-14-9-5-2-6-10-14/h1-3,5,11-14H,4,6-10H2/b12-11-. The first kappa shape index (κ1) is 9.76. The molecule has 2 aliphatic rings. The Hall–Kier alpha value is -0.780. The SMILES string of the molecule is C1=CCC(/C=C\C2CC=CCC2)CC1. The Morgan fingerprint density at radius 3 is 1.57 bits per heavy atom. The summed E-state index contributed by atoms with van der Waals surface area (Å²) in [4.78, 5) is 0. The fourth-order valence-electron chi connectivity index (χ4n) is 2.30. The third kappa shape index (κ3) is 2.87. The van der Waals surface area contributed by atoms with Crippen molar-refractivity contribution in [1.29, 1.82) is 0 Å². The van der Waals surface area contributed by atoms with Gasteiger partial charge in [0, 0.05) is 0 Å². The number of rotatable bonds is 2. The number of allylic oxidation sites excluding steroid dienone is 6. The monoisotopic (exact) mass is 188 g/mol. The molecule has 0 heteroatoms. The molecule has 76 valence electrons. The van der Waals surface area contributed by atoms with Gasteiger partial charge < -0.3 is 0 Å². The van der Waals surface area contributed by atoms with E-state index in [-0.39, 0.29) is 0 Å². The fraction of sp³-hybridized carbons (Fsp3) is 0.571. The van der Waals surface area contributed by atoms with Crippen LogP contribution in [0, 0.1) is 11.8 Å². The van der Waals surface area contributed by atoms with Crippen LogP contribution in [0.3, 0.4) is 0 Å².